The number of carbonyl (C=O) groups is 6. The third-order valence-electron chi connectivity index (χ3n) is 12.2. The van der Waals surface area contributed by atoms with Gasteiger partial charge in [-0.3, -0.25) is 19.2 Å². The molecule has 0 unspecified atom stereocenters. The molecule has 6 rings (SSSR count). The third kappa shape index (κ3) is 10.6. The van der Waals surface area contributed by atoms with Crippen molar-refractivity contribution in [1.29, 1.82) is 0 Å². The van der Waals surface area contributed by atoms with Crippen LogP contribution in [0.3, 0.4) is 0 Å². The van der Waals surface area contributed by atoms with Gasteiger partial charge in [0.25, 0.3) is 0 Å². The van der Waals surface area contributed by atoms with E-state index < -0.39 is 47.8 Å². The highest BCUT2D eigenvalue weighted by Crippen LogP contribution is 2.38. The van der Waals surface area contributed by atoms with Crippen LogP contribution in [0.2, 0.25) is 0 Å². The van der Waals surface area contributed by atoms with E-state index in [4.69, 9.17) is 14.2 Å². The van der Waals surface area contributed by atoms with E-state index in [2.05, 4.69) is 5.32 Å². The van der Waals surface area contributed by atoms with Crippen molar-refractivity contribution in [2.75, 3.05) is 32.8 Å². The molecule has 4 fully saturated rings. The first kappa shape index (κ1) is 43.5. The Bertz CT molecular complexity index is 1760. The topological polar surface area (TPSA) is 149 Å². The van der Waals surface area contributed by atoms with Crippen molar-refractivity contribution >= 4 is 59.0 Å². The average Bonchev–Trinajstić information content (AvgIpc) is 3.51. The molecule has 1 N–H and O–H groups in total. The van der Waals surface area contributed by atoms with Gasteiger partial charge in [-0.2, -0.15) is 0 Å². The summed E-state index contributed by atoms with van der Waals surface area (Å²) in [4.78, 5) is 86.1. The molecule has 4 heterocycles. The first-order valence-electron chi connectivity index (χ1n) is 20.6. The van der Waals surface area contributed by atoms with Gasteiger partial charge in [0.1, 0.15) is 29.7 Å². The highest BCUT2D eigenvalue weighted by atomic mass is 32.2. The molecular formula is C44H57N3O9S2. The Hall–Kier alpha value is -4.04. The molecule has 0 bridgehead atoms. The lowest BCUT2D eigenvalue weighted by molar-refractivity contribution is -0.157. The monoisotopic (exact) mass is 835 g/mol. The molecule has 4 aliphatic rings. The van der Waals surface area contributed by atoms with Gasteiger partial charge in [-0.05, 0) is 112 Å². The smallest absolute Gasteiger partial charge is 0.328 e. The van der Waals surface area contributed by atoms with E-state index in [0.717, 1.165) is 36.8 Å². The molecule has 3 amide bonds. The van der Waals surface area contributed by atoms with Crippen molar-refractivity contribution in [1.82, 2.24) is 15.1 Å². The molecule has 0 aliphatic carbocycles. The number of ketones is 1. The Labute approximate surface area is 350 Å². The minimum atomic E-state index is -0.795. The summed E-state index contributed by atoms with van der Waals surface area (Å²) in [6.07, 6.45) is 6.87. The van der Waals surface area contributed by atoms with Crippen LogP contribution in [-0.2, 0) is 51.1 Å². The number of esters is 2. The summed E-state index contributed by atoms with van der Waals surface area (Å²) < 4.78 is 15.5. The molecular weight excluding hydrogens is 779 g/mol. The molecule has 2 aromatic rings. The number of Topliss-reactive ketones (excluding diaryl/α,β-unsaturated/α-hetero) is 1. The maximum atomic E-state index is 14.5. The summed E-state index contributed by atoms with van der Waals surface area (Å²) in [6.45, 7) is 0. The molecule has 0 radical (unpaired) electrons. The second-order valence-electron chi connectivity index (χ2n) is 15.8. The maximum absolute atomic E-state index is 14.5. The number of nitrogens with zero attached hydrogens (tertiary/aromatic N) is 2. The molecule has 314 valence electrons. The third-order valence-corrected chi connectivity index (χ3v) is 14.8. The van der Waals surface area contributed by atoms with Gasteiger partial charge < -0.3 is 29.3 Å². The number of rotatable bonds is 15. The van der Waals surface area contributed by atoms with Crippen molar-refractivity contribution in [3.63, 3.8) is 0 Å². The molecule has 0 spiro atoms. The van der Waals surface area contributed by atoms with E-state index >= 15 is 0 Å². The van der Waals surface area contributed by atoms with Crippen LogP contribution in [0.5, 0.6) is 5.75 Å². The van der Waals surface area contributed by atoms with Gasteiger partial charge in [0.05, 0.1) is 32.1 Å². The number of hydrogen-bond donors (Lipinski definition) is 1. The van der Waals surface area contributed by atoms with E-state index in [0.29, 0.717) is 68.6 Å². The highest BCUT2D eigenvalue weighted by Gasteiger charge is 2.45. The molecule has 2 aromatic carbocycles. The Kier molecular flexibility index (Phi) is 15.6. The fraction of sp³-hybridized carbons (Fsp3) is 0.591. The molecule has 58 heavy (non-hydrogen) atoms. The van der Waals surface area contributed by atoms with Gasteiger partial charge in [-0.15, -0.1) is 23.5 Å². The van der Waals surface area contributed by atoms with Gasteiger partial charge in [-0.1, -0.05) is 42.5 Å². The largest absolute Gasteiger partial charge is 0.497 e. The van der Waals surface area contributed by atoms with E-state index in [1.807, 2.05) is 54.6 Å². The number of nitrogens with one attached hydrogen (secondary N) is 1. The SMILES string of the molecule is COC(=O)[C@@H]1CCC[C@@H]2SCC[C@H](CC(=O)[C@H](CC[C@H](Cc3ccccc3)C(=O)N[C@H]3CCS[C@H]4CCC[C@@H](C(=O)OC)N4C3=O)Cc3ccc(OC)cc3)C(=O)N21. The number of hydrogen-bond acceptors (Lipinski definition) is 11. The van der Waals surface area contributed by atoms with Crippen LogP contribution in [0.4, 0.5) is 0 Å². The first-order chi connectivity index (χ1) is 28.1. The second kappa shape index (κ2) is 20.8. The van der Waals surface area contributed by atoms with E-state index in [-0.39, 0.29) is 40.7 Å². The molecule has 0 saturated carbocycles. The molecule has 14 heteroatoms. The van der Waals surface area contributed by atoms with Gasteiger partial charge in [0.15, 0.2) is 0 Å². The lowest BCUT2D eigenvalue weighted by Gasteiger charge is -2.40. The summed E-state index contributed by atoms with van der Waals surface area (Å²) >= 11 is 3.31. The lowest BCUT2D eigenvalue weighted by atomic mass is 9.82. The quantitative estimate of drug-likeness (QED) is 0.224. The van der Waals surface area contributed by atoms with E-state index in [1.54, 1.807) is 40.4 Å². The van der Waals surface area contributed by atoms with Crippen LogP contribution in [-0.4, -0.2) is 107 Å². The fourth-order valence-electron chi connectivity index (χ4n) is 8.96. The summed E-state index contributed by atoms with van der Waals surface area (Å²) in [5.74, 6) is -1.17. The van der Waals surface area contributed by atoms with Crippen LogP contribution in [0, 0.1) is 17.8 Å². The summed E-state index contributed by atoms with van der Waals surface area (Å²) in [7, 11) is 4.28. The fourth-order valence-corrected chi connectivity index (χ4v) is 11.8. The van der Waals surface area contributed by atoms with Crippen LogP contribution in [0.1, 0.15) is 81.8 Å². The Morgan fingerprint density at radius 1 is 0.690 bits per heavy atom. The zero-order valence-electron chi connectivity index (χ0n) is 33.8. The van der Waals surface area contributed by atoms with Crippen LogP contribution >= 0.6 is 23.5 Å². The summed E-state index contributed by atoms with van der Waals surface area (Å²) in [5, 5.41) is 2.82. The van der Waals surface area contributed by atoms with Gasteiger partial charge in [0.2, 0.25) is 17.7 Å². The predicted molar refractivity (Wildman–Crippen MR) is 223 cm³/mol. The minimum absolute atomic E-state index is 0.0412. The number of benzene rings is 2. The second-order valence-corrected chi connectivity index (χ2v) is 18.4. The average molecular weight is 836 g/mol. The van der Waals surface area contributed by atoms with Crippen LogP contribution in [0.15, 0.2) is 54.6 Å². The van der Waals surface area contributed by atoms with E-state index in [1.165, 1.54) is 14.2 Å². The predicted octanol–water partition coefficient (Wildman–Crippen LogP) is 5.59. The van der Waals surface area contributed by atoms with Crippen LogP contribution in [0.25, 0.3) is 0 Å². The molecule has 8 atom stereocenters. The first-order valence-corrected chi connectivity index (χ1v) is 22.7. The number of fused-ring (bicyclic) bond motifs is 2. The lowest BCUT2D eigenvalue weighted by Crippen LogP contribution is -2.57. The molecule has 4 saturated heterocycles. The zero-order chi connectivity index (χ0) is 41.2. The van der Waals surface area contributed by atoms with Crippen molar-refractivity contribution in [3.8, 4) is 5.75 Å². The number of methoxy groups -OCH3 is 3. The number of carbonyl (C=O) groups excluding carboxylic acids is 6. The summed E-state index contributed by atoms with van der Waals surface area (Å²) in [6, 6.07) is 15.2. The summed E-state index contributed by atoms with van der Waals surface area (Å²) in [5.41, 5.74) is 1.90. The standard InChI is InChI=1S/C44H57N3O9S2/c1-54-33-19-15-29(16-20-33)25-30(37(48)27-32-21-23-57-38-13-7-11-35(43(52)55-2)46(38)41(32)50)17-18-31(26-28-9-5-4-6-10-28)40(49)45-34-22-24-58-39-14-8-12-36(44(53)56-3)47(39)42(34)51/h4-6,9-10,15-16,19-20,30-32,34-36,38-39H,7-8,11-14,17-18,21-27H2,1-3H3,(H,45,49)/t30-,31-,32-,34+,35+,36+,38+,39+/m1/s1. The maximum Gasteiger partial charge on any atom is 0.328 e. The van der Waals surface area contributed by atoms with Crippen molar-refractivity contribution in [2.45, 2.75) is 112 Å². The van der Waals surface area contributed by atoms with Crippen molar-refractivity contribution < 1.29 is 43.0 Å². The highest BCUT2D eigenvalue weighted by molar-refractivity contribution is 8.00. The van der Waals surface area contributed by atoms with Crippen molar-refractivity contribution in [3.05, 3.63) is 65.7 Å². The van der Waals surface area contributed by atoms with Crippen molar-refractivity contribution in [2.24, 2.45) is 17.8 Å². The molecule has 12 nitrogen and oxygen atoms in total. The molecule has 4 aliphatic heterocycles. The van der Waals surface area contributed by atoms with Gasteiger partial charge in [-0.25, -0.2) is 9.59 Å². The number of thioether (sulfide) groups is 2. The molecule has 0 aromatic heterocycles. The number of ether oxygens (including phenoxy) is 3. The van der Waals surface area contributed by atoms with Gasteiger partial charge in [0, 0.05) is 24.2 Å². The Morgan fingerprint density at radius 2 is 1.24 bits per heavy atom. The Morgan fingerprint density at radius 3 is 1.84 bits per heavy atom. The minimum Gasteiger partial charge on any atom is -0.497 e. The van der Waals surface area contributed by atoms with Crippen LogP contribution < -0.4 is 10.1 Å². The van der Waals surface area contributed by atoms with E-state index in [9.17, 15) is 28.8 Å². The zero-order valence-corrected chi connectivity index (χ0v) is 35.4. The number of amides is 3. The van der Waals surface area contributed by atoms with Gasteiger partial charge >= 0.3 is 11.9 Å². The number of piperidine rings is 2. The normalized spacial score (nSPS) is 25.8. The Balaban J connectivity index is 1.22.